The standard InChI is InChI=1S/C14H12F2N2O/c1-17-10-7-5-9(6-8-10)14(19)18-13-11(15)3-2-4-12(13)16/h2-8,17H,1H3,(H,18,19). The van der Waals surface area contributed by atoms with Gasteiger partial charge in [-0.2, -0.15) is 0 Å². The molecular formula is C14H12F2N2O. The number of carbonyl (C=O) groups is 1. The van der Waals surface area contributed by atoms with Crippen molar-refractivity contribution in [1.29, 1.82) is 0 Å². The number of halogens is 2. The first kappa shape index (κ1) is 13.0. The highest BCUT2D eigenvalue weighted by Gasteiger charge is 2.13. The molecule has 19 heavy (non-hydrogen) atoms. The molecule has 0 atom stereocenters. The van der Waals surface area contributed by atoms with Crippen LogP contribution in [0.2, 0.25) is 0 Å². The summed E-state index contributed by atoms with van der Waals surface area (Å²) in [6, 6.07) is 9.95. The van der Waals surface area contributed by atoms with E-state index < -0.39 is 23.2 Å². The summed E-state index contributed by atoms with van der Waals surface area (Å²) in [5.41, 5.74) is 0.723. The van der Waals surface area contributed by atoms with Crippen molar-refractivity contribution in [1.82, 2.24) is 0 Å². The minimum Gasteiger partial charge on any atom is -0.388 e. The van der Waals surface area contributed by atoms with E-state index in [1.807, 2.05) is 0 Å². The lowest BCUT2D eigenvalue weighted by atomic mass is 10.2. The van der Waals surface area contributed by atoms with Gasteiger partial charge in [0.05, 0.1) is 0 Å². The summed E-state index contributed by atoms with van der Waals surface area (Å²) < 4.78 is 26.8. The maximum Gasteiger partial charge on any atom is 0.255 e. The molecule has 0 spiro atoms. The van der Waals surface area contributed by atoms with E-state index in [-0.39, 0.29) is 0 Å². The lowest BCUT2D eigenvalue weighted by Crippen LogP contribution is -2.14. The van der Waals surface area contributed by atoms with Crippen molar-refractivity contribution in [3.63, 3.8) is 0 Å². The zero-order chi connectivity index (χ0) is 13.8. The van der Waals surface area contributed by atoms with Gasteiger partial charge in [0.2, 0.25) is 0 Å². The van der Waals surface area contributed by atoms with Crippen molar-refractivity contribution >= 4 is 17.3 Å². The molecule has 98 valence electrons. The van der Waals surface area contributed by atoms with Gasteiger partial charge >= 0.3 is 0 Å². The Morgan fingerprint density at radius 3 is 2.11 bits per heavy atom. The molecule has 0 radical (unpaired) electrons. The van der Waals surface area contributed by atoms with Crippen molar-refractivity contribution in [2.45, 2.75) is 0 Å². The van der Waals surface area contributed by atoms with Gasteiger partial charge in [-0.1, -0.05) is 6.07 Å². The molecule has 0 fully saturated rings. The number of rotatable bonds is 3. The van der Waals surface area contributed by atoms with Crippen molar-refractivity contribution in [2.75, 3.05) is 17.7 Å². The summed E-state index contributed by atoms with van der Waals surface area (Å²) in [5, 5.41) is 5.13. The third-order valence-electron chi connectivity index (χ3n) is 2.64. The molecule has 0 saturated heterocycles. The van der Waals surface area contributed by atoms with Gasteiger partial charge in [0.15, 0.2) is 0 Å². The van der Waals surface area contributed by atoms with Crippen LogP contribution in [-0.4, -0.2) is 13.0 Å². The van der Waals surface area contributed by atoms with Gasteiger partial charge < -0.3 is 10.6 Å². The molecule has 0 saturated carbocycles. The van der Waals surface area contributed by atoms with Crippen LogP contribution in [0.15, 0.2) is 42.5 Å². The second kappa shape index (κ2) is 5.48. The Morgan fingerprint density at radius 2 is 1.58 bits per heavy atom. The van der Waals surface area contributed by atoms with Crippen LogP contribution in [0.1, 0.15) is 10.4 Å². The van der Waals surface area contributed by atoms with Gasteiger partial charge in [0.1, 0.15) is 17.3 Å². The summed E-state index contributed by atoms with van der Waals surface area (Å²) in [7, 11) is 1.75. The SMILES string of the molecule is CNc1ccc(C(=O)Nc2c(F)cccc2F)cc1. The first-order chi connectivity index (χ1) is 9.11. The Bertz CT molecular complexity index is 577. The van der Waals surface area contributed by atoms with E-state index in [0.717, 1.165) is 17.8 Å². The second-order valence-corrected chi connectivity index (χ2v) is 3.88. The van der Waals surface area contributed by atoms with Gasteiger partial charge in [-0.3, -0.25) is 4.79 Å². The molecule has 2 N–H and O–H groups in total. The smallest absolute Gasteiger partial charge is 0.255 e. The highest BCUT2D eigenvalue weighted by molar-refractivity contribution is 6.04. The fraction of sp³-hybridized carbons (Fsp3) is 0.0714. The van der Waals surface area contributed by atoms with E-state index in [4.69, 9.17) is 0 Å². The lowest BCUT2D eigenvalue weighted by Gasteiger charge is -2.08. The van der Waals surface area contributed by atoms with E-state index in [1.165, 1.54) is 6.07 Å². The quantitative estimate of drug-likeness (QED) is 0.891. The van der Waals surface area contributed by atoms with Crippen LogP contribution in [0.4, 0.5) is 20.2 Å². The molecule has 0 unspecified atom stereocenters. The number of hydrogen-bond donors (Lipinski definition) is 2. The Morgan fingerprint density at radius 1 is 1.00 bits per heavy atom. The third-order valence-corrected chi connectivity index (χ3v) is 2.64. The molecule has 0 aromatic heterocycles. The molecule has 2 rings (SSSR count). The molecule has 1 amide bonds. The fourth-order valence-electron chi connectivity index (χ4n) is 1.59. The predicted molar refractivity (Wildman–Crippen MR) is 70.3 cm³/mol. The van der Waals surface area contributed by atoms with E-state index in [1.54, 1.807) is 31.3 Å². The van der Waals surface area contributed by atoms with Crippen LogP contribution >= 0.6 is 0 Å². The average Bonchev–Trinajstić information content (AvgIpc) is 2.43. The van der Waals surface area contributed by atoms with Crippen LogP contribution in [-0.2, 0) is 0 Å². The monoisotopic (exact) mass is 262 g/mol. The van der Waals surface area contributed by atoms with Crippen LogP contribution in [0.25, 0.3) is 0 Å². The van der Waals surface area contributed by atoms with Crippen molar-refractivity contribution in [2.24, 2.45) is 0 Å². The molecule has 2 aromatic rings. The summed E-state index contributed by atoms with van der Waals surface area (Å²) in [6.45, 7) is 0. The minimum atomic E-state index is -0.805. The van der Waals surface area contributed by atoms with Crippen LogP contribution in [0, 0.1) is 11.6 Å². The van der Waals surface area contributed by atoms with E-state index in [0.29, 0.717) is 5.56 Å². The van der Waals surface area contributed by atoms with Crippen LogP contribution < -0.4 is 10.6 Å². The Balaban J connectivity index is 2.20. The topological polar surface area (TPSA) is 41.1 Å². The van der Waals surface area contributed by atoms with Gasteiger partial charge in [0, 0.05) is 18.3 Å². The molecule has 0 aliphatic rings. The summed E-state index contributed by atoms with van der Waals surface area (Å²) in [4.78, 5) is 11.9. The third kappa shape index (κ3) is 2.88. The minimum absolute atomic E-state index is 0.321. The zero-order valence-electron chi connectivity index (χ0n) is 10.2. The summed E-state index contributed by atoms with van der Waals surface area (Å²) in [5.74, 6) is -2.17. The Kier molecular flexibility index (Phi) is 3.75. The maximum atomic E-state index is 13.4. The average molecular weight is 262 g/mol. The molecular weight excluding hydrogens is 250 g/mol. The molecule has 0 aliphatic carbocycles. The highest BCUT2D eigenvalue weighted by Crippen LogP contribution is 2.19. The Labute approximate surface area is 109 Å². The molecule has 3 nitrogen and oxygen atoms in total. The second-order valence-electron chi connectivity index (χ2n) is 3.88. The predicted octanol–water partition coefficient (Wildman–Crippen LogP) is 3.26. The summed E-state index contributed by atoms with van der Waals surface area (Å²) in [6.07, 6.45) is 0. The number of benzene rings is 2. The van der Waals surface area contributed by atoms with E-state index in [9.17, 15) is 13.6 Å². The highest BCUT2D eigenvalue weighted by atomic mass is 19.1. The van der Waals surface area contributed by atoms with Crippen LogP contribution in [0.5, 0.6) is 0 Å². The fourth-order valence-corrected chi connectivity index (χ4v) is 1.59. The molecule has 0 aliphatic heterocycles. The van der Waals surface area contributed by atoms with Gasteiger partial charge in [-0.15, -0.1) is 0 Å². The molecule has 5 heteroatoms. The lowest BCUT2D eigenvalue weighted by molar-refractivity contribution is 0.102. The molecule has 2 aromatic carbocycles. The van der Waals surface area contributed by atoms with E-state index in [2.05, 4.69) is 10.6 Å². The van der Waals surface area contributed by atoms with Crippen molar-refractivity contribution < 1.29 is 13.6 Å². The number of anilines is 2. The first-order valence-electron chi connectivity index (χ1n) is 5.65. The summed E-state index contributed by atoms with van der Waals surface area (Å²) >= 11 is 0. The number of carbonyl (C=O) groups excluding carboxylic acids is 1. The van der Waals surface area contributed by atoms with Gasteiger partial charge in [-0.05, 0) is 36.4 Å². The Hall–Kier alpha value is -2.43. The first-order valence-corrected chi connectivity index (χ1v) is 5.65. The van der Waals surface area contributed by atoms with Gasteiger partial charge in [0.25, 0.3) is 5.91 Å². The molecule has 0 heterocycles. The van der Waals surface area contributed by atoms with Gasteiger partial charge in [-0.25, -0.2) is 8.78 Å². The molecule has 0 bridgehead atoms. The van der Waals surface area contributed by atoms with Crippen molar-refractivity contribution in [3.05, 3.63) is 59.7 Å². The number of hydrogen-bond acceptors (Lipinski definition) is 2. The van der Waals surface area contributed by atoms with E-state index >= 15 is 0 Å². The van der Waals surface area contributed by atoms with Crippen molar-refractivity contribution in [3.8, 4) is 0 Å². The van der Waals surface area contributed by atoms with Crippen LogP contribution in [0.3, 0.4) is 0 Å². The normalized spacial score (nSPS) is 10.1. The zero-order valence-corrected chi connectivity index (χ0v) is 10.2. The number of amides is 1. The largest absolute Gasteiger partial charge is 0.388 e. The number of para-hydroxylation sites is 1. The number of nitrogens with one attached hydrogen (secondary N) is 2. The maximum absolute atomic E-state index is 13.4.